The van der Waals surface area contributed by atoms with Crippen molar-refractivity contribution in [1.82, 2.24) is 14.5 Å². The van der Waals surface area contributed by atoms with Gasteiger partial charge in [-0.25, -0.2) is 12.8 Å². The Kier molecular flexibility index (Phi) is 7.31. The molecule has 0 bridgehead atoms. The standard InChI is InChI=1S/C24H36FN3O4S/c1-18-14-20(25)15-21(32-2)22(18)23(29)26-17-24(8-4-3-5-9-24)27-10-12-28(13-11-27)33(30,31)16-19-6-7-19/h14-15,19H,3-13,16-17H2,1-2H3,(H,26,29). The molecule has 7 nitrogen and oxygen atoms in total. The van der Waals surface area contributed by atoms with Gasteiger partial charge in [0.25, 0.3) is 5.91 Å². The van der Waals surface area contributed by atoms with Crippen LogP contribution >= 0.6 is 0 Å². The number of piperazine rings is 1. The molecule has 1 saturated heterocycles. The molecule has 0 atom stereocenters. The Labute approximate surface area is 196 Å². The van der Waals surface area contributed by atoms with Crippen LogP contribution in [0.25, 0.3) is 0 Å². The third-order valence-corrected chi connectivity index (χ3v) is 9.56. The first kappa shape index (κ1) is 24.4. The van der Waals surface area contributed by atoms with Crippen molar-refractivity contribution in [2.45, 2.75) is 57.4 Å². The van der Waals surface area contributed by atoms with Crippen LogP contribution < -0.4 is 10.1 Å². The van der Waals surface area contributed by atoms with Crippen molar-refractivity contribution in [2.24, 2.45) is 5.92 Å². The number of aryl methyl sites for hydroxylation is 1. The SMILES string of the molecule is COc1cc(F)cc(C)c1C(=O)NCC1(N2CCN(S(=O)(=O)CC3CC3)CC2)CCCCC1. The van der Waals surface area contributed by atoms with E-state index in [0.29, 0.717) is 49.8 Å². The molecule has 0 spiro atoms. The average molecular weight is 482 g/mol. The Morgan fingerprint density at radius 2 is 1.82 bits per heavy atom. The summed E-state index contributed by atoms with van der Waals surface area (Å²) in [4.78, 5) is 15.5. The summed E-state index contributed by atoms with van der Waals surface area (Å²) in [5.74, 6) is 0.170. The van der Waals surface area contributed by atoms with Gasteiger partial charge in [0.15, 0.2) is 0 Å². The highest BCUT2D eigenvalue weighted by molar-refractivity contribution is 7.89. The van der Waals surface area contributed by atoms with Gasteiger partial charge in [-0.2, -0.15) is 4.31 Å². The predicted octanol–water partition coefficient (Wildman–Crippen LogP) is 2.93. The van der Waals surface area contributed by atoms with Crippen LogP contribution in [0.15, 0.2) is 12.1 Å². The van der Waals surface area contributed by atoms with Crippen LogP contribution in [0.3, 0.4) is 0 Å². The van der Waals surface area contributed by atoms with E-state index in [4.69, 9.17) is 4.74 Å². The van der Waals surface area contributed by atoms with Crippen molar-refractivity contribution in [3.63, 3.8) is 0 Å². The lowest BCUT2D eigenvalue weighted by atomic mass is 9.79. The highest BCUT2D eigenvalue weighted by Gasteiger charge is 2.42. The lowest BCUT2D eigenvalue weighted by Gasteiger charge is -2.49. The highest BCUT2D eigenvalue weighted by Crippen LogP contribution is 2.36. The van der Waals surface area contributed by atoms with Crippen LogP contribution in [-0.2, 0) is 10.0 Å². The number of amides is 1. The van der Waals surface area contributed by atoms with Crippen molar-refractivity contribution in [1.29, 1.82) is 0 Å². The molecule has 1 amide bonds. The molecule has 2 aliphatic carbocycles. The fourth-order valence-corrected chi connectivity index (χ4v) is 7.30. The molecule has 0 aromatic heterocycles. The first-order valence-corrected chi connectivity index (χ1v) is 13.7. The van der Waals surface area contributed by atoms with Gasteiger partial charge in [-0.05, 0) is 50.2 Å². The van der Waals surface area contributed by atoms with Crippen LogP contribution in [0.5, 0.6) is 5.75 Å². The second-order valence-electron chi connectivity index (χ2n) is 9.88. The smallest absolute Gasteiger partial charge is 0.255 e. The number of sulfonamides is 1. The van der Waals surface area contributed by atoms with Gasteiger partial charge in [0.1, 0.15) is 11.6 Å². The summed E-state index contributed by atoms with van der Waals surface area (Å²) in [6.45, 7) is 4.57. The molecular weight excluding hydrogens is 445 g/mol. The minimum absolute atomic E-state index is 0.179. The summed E-state index contributed by atoms with van der Waals surface area (Å²) in [6, 6.07) is 2.58. The molecule has 4 rings (SSSR count). The Morgan fingerprint density at radius 1 is 1.15 bits per heavy atom. The number of rotatable bonds is 8. The maximum atomic E-state index is 13.8. The molecule has 1 N–H and O–H groups in total. The second-order valence-corrected chi connectivity index (χ2v) is 11.9. The molecule has 3 aliphatic rings. The van der Waals surface area contributed by atoms with Gasteiger partial charge in [-0.3, -0.25) is 9.69 Å². The second kappa shape index (κ2) is 9.88. The van der Waals surface area contributed by atoms with Crippen molar-refractivity contribution >= 4 is 15.9 Å². The Hall–Kier alpha value is -1.71. The number of hydrogen-bond acceptors (Lipinski definition) is 5. The Morgan fingerprint density at radius 3 is 2.42 bits per heavy atom. The van der Waals surface area contributed by atoms with E-state index in [2.05, 4.69) is 10.2 Å². The summed E-state index contributed by atoms with van der Waals surface area (Å²) in [7, 11) is -1.74. The Balaban J connectivity index is 1.44. The van der Waals surface area contributed by atoms with E-state index in [1.165, 1.54) is 25.7 Å². The molecule has 33 heavy (non-hydrogen) atoms. The molecule has 1 aromatic carbocycles. The van der Waals surface area contributed by atoms with Crippen molar-refractivity contribution in [2.75, 3.05) is 45.6 Å². The molecule has 1 aliphatic heterocycles. The van der Waals surface area contributed by atoms with E-state index in [-0.39, 0.29) is 22.9 Å². The number of nitrogens with zero attached hydrogens (tertiary/aromatic N) is 2. The fraction of sp³-hybridized carbons (Fsp3) is 0.708. The van der Waals surface area contributed by atoms with Gasteiger partial charge in [-0.15, -0.1) is 0 Å². The van der Waals surface area contributed by atoms with Crippen LogP contribution in [0.4, 0.5) is 4.39 Å². The number of hydrogen-bond donors (Lipinski definition) is 1. The Bertz CT molecular complexity index is 966. The van der Waals surface area contributed by atoms with Gasteiger partial charge in [-0.1, -0.05) is 19.3 Å². The van der Waals surface area contributed by atoms with Crippen molar-refractivity contribution in [3.8, 4) is 5.75 Å². The van der Waals surface area contributed by atoms with Crippen LogP contribution in [-0.4, -0.2) is 74.7 Å². The lowest BCUT2D eigenvalue weighted by molar-refractivity contribution is 0.0239. The van der Waals surface area contributed by atoms with Crippen LogP contribution in [0.2, 0.25) is 0 Å². The lowest BCUT2D eigenvalue weighted by Crippen LogP contribution is -2.62. The third-order valence-electron chi connectivity index (χ3n) is 7.52. The fourth-order valence-electron chi connectivity index (χ4n) is 5.44. The zero-order valence-electron chi connectivity index (χ0n) is 19.7. The van der Waals surface area contributed by atoms with Crippen molar-refractivity contribution < 1.29 is 22.3 Å². The minimum Gasteiger partial charge on any atom is -0.496 e. The molecular formula is C24H36FN3O4S. The van der Waals surface area contributed by atoms with E-state index in [9.17, 15) is 17.6 Å². The zero-order chi connectivity index (χ0) is 23.6. The van der Waals surface area contributed by atoms with Gasteiger partial charge >= 0.3 is 0 Å². The number of nitrogens with one attached hydrogen (secondary N) is 1. The summed E-state index contributed by atoms with van der Waals surface area (Å²) in [5, 5.41) is 3.10. The number of methoxy groups -OCH3 is 1. The summed E-state index contributed by atoms with van der Waals surface area (Å²) in [5.41, 5.74) is 0.721. The summed E-state index contributed by atoms with van der Waals surface area (Å²) in [6.07, 6.45) is 7.37. The average Bonchev–Trinajstić information content (AvgIpc) is 3.61. The normalized spacial score (nSPS) is 22.2. The molecule has 1 heterocycles. The minimum atomic E-state index is -3.18. The molecule has 3 fully saturated rings. The van der Waals surface area contributed by atoms with Gasteiger partial charge in [0.05, 0.1) is 18.4 Å². The van der Waals surface area contributed by atoms with E-state index >= 15 is 0 Å². The predicted molar refractivity (Wildman–Crippen MR) is 125 cm³/mol. The molecule has 0 radical (unpaired) electrons. The monoisotopic (exact) mass is 481 g/mol. The van der Waals surface area contributed by atoms with E-state index in [1.54, 1.807) is 11.2 Å². The van der Waals surface area contributed by atoms with E-state index < -0.39 is 15.8 Å². The quantitative estimate of drug-likeness (QED) is 0.618. The number of benzene rings is 1. The summed E-state index contributed by atoms with van der Waals surface area (Å²) >= 11 is 0. The number of halogens is 1. The first-order valence-electron chi connectivity index (χ1n) is 12.1. The third kappa shape index (κ3) is 5.52. The number of carbonyl (C=O) groups excluding carboxylic acids is 1. The van der Waals surface area contributed by atoms with Crippen LogP contribution in [0.1, 0.15) is 60.9 Å². The van der Waals surface area contributed by atoms with Gasteiger partial charge < -0.3 is 10.1 Å². The summed E-state index contributed by atoms with van der Waals surface area (Å²) < 4.78 is 46.1. The first-order chi connectivity index (χ1) is 15.7. The molecule has 9 heteroatoms. The van der Waals surface area contributed by atoms with Crippen molar-refractivity contribution in [3.05, 3.63) is 29.1 Å². The van der Waals surface area contributed by atoms with Crippen LogP contribution in [0, 0.1) is 18.7 Å². The van der Waals surface area contributed by atoms with E-state index in [1.807, 2.05) is 0 Å². The maximum Gasteiger partial charge on any atom is 0.255 e. The molecule has 1 aromatic rings. The number of ether oxygens (including phenoxy) is 1. The van der Waals surface area contributed by atoms with E-state index in [0.717, 1.165) is 38.5 Å². The highest BCUT2D eigenvalue weighted by atomic mass is 32.2. The molecule has 0 unspecified atom stereocenters. The molecule has 2 saturated carbocycles. The van der Waals surface area contributed by atoms with Gasteiger partial charge in [0, 0.05) is 44.3 Å². The number of carbonyl (C=O) groups is 1. The maximum absolute atomic E-state index is 13.8. The molecule has 184 valence electrons. The largest absolute Gasteiger partial charge is 0.496 e. The zero-order valence-corrected chi connectivity index (χ0v) is 20.6. The topological polar surface area (TPSA) is 79.0 Å². The van der Waals surface area contributed by atoms with Gasteiger partial charge in [0.2, 0.25) is 10.0 Å².